The van der Waals surface area contributed by atoms with Gasteiger partial charge in [0.05, 0.1) is 0 Å². The molecule has 0 atom stereocenters. The van der Waals surface area contributed by atoms with E-state index >= 15 is 0 Å². The maximum atomic E-state index is 5.70. The monoisotopic (exact) mass is 361 g/mol. The number of hydrogen-bond donors (Lipinski definition) is 0. The first-order chi connectivity index (χ1) is 11.4. The van der Waals surface area contributed by atoms with Crippen LogP contribution in [0.4, 0.5) is 0 Å². The van der Waals surface area contributed by atoms with Crippen molar-refractivity contribution in [1.29, 1.82) is 0 Å². The molecule has 6 heteroatoms. The predicted molar refractivity (Wildman–Crippen MR) is 107 cm³/mol. The second-order valence-electron chi connectivity index (χ2n) is 7.13. The molecule has 0 aliphatic rings. The molecule has 0 aliphatic carbocycles. The minimum absolute atomic E-state index is 0.953. The molecule has 0 heterocycles. The summed E-state index contributed by atoms with van der Waals surface area (Å²) in [5, 5.41) is 0. The third kappa shape index (κ3) is 11.6. The summed E-state index contributed by atoms with van der Waals surface area (Å²) in [6, 6.07) is 0. The van der Waals surface area contributed by atoms with Crippen LogP contribution in [0, 0.1) is 0 Å². The molecule has 0 unspecified atom stereocenters. The van der Waals surface area contributed by atoms with E-state index in [0.29, 0.717) is 0 Å². The van der Waals surface area contributed by atoms with Crippen LogP contribution >= 0.6 is 0 Å². The molecule has 0 aliphatic heterocycles. The van der Waals surface area contributed by atoms with Crippen LogP contribution in [0.15, 0.2) is 0 Å². The largest absolute Gasteiger partial charge is 0.397 e. The van der Waals surface area contributed by atoms with E-state index in [9.17, 15) is 0 Å². The molecule has 24 heavy (non-hydrogen) atoms. The molecular formula is C18H43N3O2Si. The Morgan fingerprint density at radius 3 is 1.46 bits per heavy atom. The Hall–Kier alpha value is 0.0169. The summed E-state index contributed by atoms with van der Waals surface area (Å²) < 4.78 is 11.4. The smallest absolute Gasteiger partial charge is 0.348 e. The highest BCUT2D eigenvalue weighted by Gasteiger charge is 2.31. The Morgan fingerprint density at radius 2 is 1.12 bits per heavy atom. The molecule has 0 radical (unpaired) electrons. The van der Waals surface area contributed by atoms with Gasteiger partial charge in [-0.15, -0.1) is 0 Å². The van der Waals surface area contributed by atoms with Crippen molar-refractivity contribution in [1.82, 2.24) is 14.7 Å². The third-order valence-corrected chi connectivity index (χ3v) is 7.36. The fraction of sp³-hybridized carbons (Fsp3) is 1.00. The summed E-state index contributed by atoms with van der Waals surface area (Å²) in [5.74, 6) is 0. The van der Waals surface area contributed by atoms with E-state index in [4.69, 9.17) is 8.85 Å². The SMILES string of the molecule is CCCN(C)CCCN(CCCN(C)CCC)C[Si](C)(OC)OC. The molecule has 0 saturated heterocycles. The lowest BCUT2D eigenvalue weighted by Crippen LogP contribution is -2.50. The van der Waals surface area contributed by atoms with Gasteiger partial charge in [-0.3, -0.25) is 0 Å². The van der Waals surface area contributed by atoms with E-state index in [2.05, 4.69) is 49.2 Å². The molecule has 0 saturated carbocycles. The van der Waals surface area contributed by atoms with Gasteiger partial charge in [0.1, 0.15) is 0 Å². The van der Waals surface area contributed by atoms with Crippen LogP contribution in [-0.2, 0) is 8.85 Å². The summed E-state index contributed by atoms with van der Waals surface area (Å²) >= 11 is 0. The Balaban J connectivity index is 4.37. The molecule has 0 N–H and O–H groups in total. The normalized spacial score (nSPS) is 12.8. The topological polar surface area (TPSA) is 28.2 Å². The van der Waals surface area contributed by atoms with Gasteiger partial charge in [0.2, 0.25) is 0 Å². The van der Waals surface area contributed by atoms with Gasteiger partial charge in [0, 0.05) is 20.4 Å². The Kier molecular flexibility index (Phi) is 14.2. The first-order valence-electron chi connectivity index (χ1n) is 9.60. The molecule has 0 aromatic carbocycles. The van der Waals surface area contributed by atoms with Crippen molar-refractivity contribution in [2.75, 3.05) is 73.8 Å². The van der Waals surface area contributed by atoms with Gasteiger partial charge in [0.15, 0.2) is 0 Å². The lowest BCUT2D eigenvalue weighted by Gasteiger charge is -2.31. The maximum absolute atomic E-state index is 5.70. The molecular weight excluding hydrogens is 318 g/mol. The summed E-state index contributed by atoms with van der Waals surface area (Å²) in [7, 11) is 5.97. The van der Waals surface area contributed by atoms with E-state index in [1.165, 1.54) is 38.8 Å². The summed E-state index contributed by atoms with van der Waals surface area (Å²) in [6.45, 7) is 13.6. The predicted octanol–water partition coefficient (Wildman–Crippen LogP) is 2.66. The van der Waals surface area contributed by atoms with E-state index in [0.717, 1.165) is 32.3 Å². The molecule has 0 fully saturated rings. The Labute approximate surface area is 152 Å². The molecule has 5 nitrogen and oxygen atoms in total. The minimum atomic E-state index is -2.05. The molecule has 146 valence electrons. The second-order valence-corrected chi connectivity index (χ2v) is 10.5. The van der Waals surface area contributed by atoms with Crippen LogP contribution < -0.4 is 0 Å². The molecule has 0 bridgehead atoms. The van der Waals surface area contributed by atoms with Gasteiger partial charge < -0.3 is 23.6 Å². The van der Waals surface area contributed by atoms with E-state index in [1.54, 1.807) is 14.2 Å². The number of hydrogen-bond acceptors (Lipinski definition) is 5. The first kappa shape index (κ1) is 24.0. The Morgan fingerprint density at radius 1 is 0.708 bits per heavy atom. The van der Waals surface area contributed by atoms with Crippen molar-refractivity contribution in [2.24, 2.45) is 0 Å². The molecule has 0 amide bonds. The van der Waals surface area contributed by atoms with E-state index < -0.39 is 8.56 Å². The van der Waals surface area contributed by atoms with Gasteiger partial charge in [-0.1, -0.05) is 13.8 Å². The van der Waals surface area contributed by atoms with Crippen LogP contribution in [0.3, 0.4) is 0 Å². The molecule has 0 aromatic heterocycles. The zero-order valence-corrected chi connectivity index (χ0v) is 18.4. The van der Waals surface area contributed by atoms with Crippen molar-refractivity contribution in [3.63, 3.8) is 0 Å². The van der Waals surface area contributed by atoms with Crippen LogP contribution in [0.1, 0.15) is 39.5 Å². The van der Waals surface area contributed by atoms with Crippen molar-refractivity contribution in [3.05, 3.63) is 0 Å². The summed E-state index contributed by atoms with van der Waals surface area (Å²) in [5.41, 5.74) is 0. The van der Waals surface area contributed by atoms with Crippen molar-refractivity contribution in [2.45, 2.75) is 46.1 Å². The molecule has 0 aromatic rings. The quantitative estimate of drug-likeness (QED) is 0.394. The van der Waals surface area contributed by atoms with Crippen LogP contribution in [0.5, 0.6) is 0 Å². The first-order valence-corrected chi connectivity index (χ1v) is 12.1. The standard InChI is InChI=1S/C18H43N3O2Si/c1-8-12-19(3)14-10-16-21(18-24(7,22-5)23-6)17-11-15-20(4)13-9-2/h8-18H2,1-7H3. The van der Waals surface area contributed by atoms with Crippen LogP contribution in [0.2, 0.25) is 6.55 Å². The van der Waals surface area contributed by atoms with Gasteiger partial charge in [0.25, 0.3) is 0 Å². The number of rotatable bonds is 16. The van der Waals surface area contributed by atoms with Crippen LogP contribution in [-0.4, -0.2) is 97.0 Å². The maximum Gasteiger partial charge on any atom is 0.348 e. The van der Waals surface area contributed by atoms with Gasteiger partial charge in [-0.05, 0) is 85.6 Å². The zero-order valence-electron chi connectivity index (χ0n) is 17.4. The highest BCUT2D eigenvalue weighted by Crippen LogP contribution is 2.09. The highest BCUT2D eigenvalue weighted by molar-refractivity contribution is 6.66. The second kappa shape index (κ2) is 14.2. The minimum Gasteiger partial charge on any atom is -0.397 e. The lowest BCUT2D eigenvalue weighted by molar-refractivity contribution is 0.195. The molecule has 0 spiro atoms. The third-order valence-electron chi connectivity index (χ3n) is 4.61. The lowest BCUT2D eigenvalue weighted by atomic mass is 10.3. The Bertz CT molecular complexity index is 273. The van der Waals surface area contributed by atoms with Gasteiger partial charge in [-0.25, -0.2) is 0 Å². The van der Waals surface area contributed by atoms with E-state index in [-0.39, 0.29) is 0 Å². The van der Waals surface area contributed by atoms with Gasteiger partial charge >= 0.3 is 8.56 Å². The zero-order chi connectivity index (χ0) is 18.4. The van der Waals surface area contributed by atoms with E-state index in [1.807, 2.05) is 0 Å². The van der Waals surface area contributed by atoms with Crippen molar-refractivity contribution >= 4 is 8.56 Å². The van der Waals surface area contributed by atoms with Crippen molar-refractivity contribution < 1.29 is 8.85 Å². The average molecular weight is 362 g/mol. The number of nitrogens with zero attached hydrogens (tertiary/aromatic N) is 3. The van der Waals surface area contributed by atoms with Crippen molar-refractivity contribution in [3.8, 4) is 0 Å². The average Bonchev–Trinajstić information content (AvgIpc) is 2.55. The van der Waals surface area contributed by atoms with Gasteiger partial charge in [-0.2, -0.15) is 0 Å². The molecule has 0 rings (SSSR count). The fourth-order valence-electron chi connectivity index (χ4n) is 3.00. The fourth-order valence-corrected chi connectivity index (χ4v) is 4.56. The van der Waals surface area contributed by atoms with Crippen LogP contribution in [0.25, 0.3) is 0 Å². The summed E-state index contributed by atoms with van der Waals surface area (Å²) in [6.07, 6.45) is 5.82. The highest BCUT2D eigenvalue weighted by atomic mass is 28.4. The summed E-state index contributed by atoms with van der Waals surface area (Å²) in [4.78, 5) is 7.41.